The fraction of sp³-hybridized carbons (Fsp3) is 0.308. The Balaban J connectivity index is 1.46. The van der Waals surface area contributed by atoms with E-state index in [0.29, 0.717) is 23.7 Å². The van der Waals surface area contributed by atoms with Crippen LogP contribution in [0, 0.1) is 0 Å². The Labute approximate surface area is 200 Å². The van der Waals surface area contributed by atoms with E-state index in [0.717, 1.165) is 42.1 Å². The molecule has 1 atom stereocenters. The molecule has 0 aliphatic carbocycles. The first-order valence-corrected chi connectivity index (χ1v) is 11.5. The first-order valence-electron chi connectivity index (χ1n) is 11.1. The van der Waals surface area contributed by atoms with Crippen LogP contribution in [0.2, 0.25) is 5.02 Å². The van der Waals surface area contributed by atoms with E-state index in [9.17, 15) is 4.79 Å². The van der Waals surface area contributed by atoms with E-state index in [1.165, 1.54) is 0 Å². The normalized spacial score (nSPS) is 14.6. The zero-order valence-electron chi connectivity index (χ0n) is 19.0. The number of hydrogen-bond donors (Lipinski definition) is 1. The van der Waals surface area contributed by atoms with E-state index in [2.05, 4.69) is 15.2 Å². The molecule has 0 spiro atoms. The van der Waals surface area contributed by atoms with Gasteiger partial charge in [0.05, 0.1) is 11.3 Å². The fourth-order valence-corrected chi connectivity index (χ4v) is 4.23. The Bertz CT molecular complexity index is 1090. The Morgan fingerprint density at radius 1 is 1.15 bits per heavy atom. The number of amides is 1. The number of aromatic nitrogens is 1. The van der Waals surface area contributed by atoms with Gasteiger partial charge in [-0.15, -0.1) is 0 Å². The molecule has 2 heterocycles. The number of hydrogen-bond acceptors (Lipinski definition) is 5. The van der Waals surface area contributed by atoms with Gasteiger partial charge in [0.2, 0.25) is 0 Å². The van der Waals surface area contributed by atoms with Crippen LogP contribution in [0.1, 0.15) is 34.0 Å². The summed E-state index contributed by atoms with van der Waals surface area (Å²) in [7, 11) is 3.94. The van der Waals surface area contributed by atoms with E-state index >= 15 is 0 Å². The predicted molar refractivity (Wildman–Crippen MR) is 132 cm³/mol. The largest absolute Gasteiger partial charge is 0.486 e. The number of nitrogens with one attached hydrogen (secondary N) is 1. The molecule has 7 heteroatoms. The topological polar surface area (TPSA) is 57.7 Å². The molecule has 172 valence electrons. The van der Waals surface area contributed by atoms with Crippen LogP contribution in [0.15, 0.2) is 67.0 Å². The monoisotopic (exact) mass is 464 g/mol. The molecule has 1 unspecified atom stereocenters. The number of halogens is 1. The molecule has 0 fully saturated rings. The number of fused-ring (bicyclic) bond motifs is 1. The average Bonchev–Trinajstić information content (AvgIpc) is 2.95. The second-order valence-electron chi connectivity index (χ2n) is 8.24. The Morgan fingerprint density at radius 3 is 2.73 bits per heavy atom. The maximum atomic E-state index is 13.1. The molecular weight excluding hydrogens is 436 g/mol. The SMILES string of the molecule is CNCCC(Oc1ccc(CN2CCN(C)c3ccncc3C2=O)cc1)c1cccc(Cl)c1. The lowest BCUT2D eigenvalue weighted by molar-refractivity contribution is 0.0754. The summed E-state index contributed by atoms with van der Waals surface area (Å²) in [6.45, 7) is 2.80. The number of pyridine rings is 1. The predicted octanol–water partition coefficient (Wildman–Crippen LogP) is 4.56. The van der Waals surface area contributed by atoms with Crippen LogP contribution in [0.5, 0.6) is 5.75 Å². The third kappa shape index (κ3) is 5.64. The molecule has 33 heavy (non-hydrogen) atoms. The summed E-state index contributed by atoms with van der Waals surface area (Å²) >= 11 is 6.19. The van der Waals surface area contributed by atoms with Crippen LogP contribution >= 0.6 is 11.6 Å². The fourth-order valence-electron chi connectivity index (χ4n) is 4.03. The average molecular weight is 465 g/mol. The van der Waals surface area contributed by atoms with Gasteiger partial charge in [-0.05, 0) is 55.1 Å². The van der Waals surface area contributed by atoms with Gasteiger partial charge in [-0.2, -0.15) is 0 Å². The molecule has 4 rings (SSSR count). The van der Waals surface area contributed by atoms with Crippen LogP contribution in [0.3, 0.4) is 0 Å². The van der Waals surface area contributed by atoms with E-state index in [-0.39, 0.29) is 12.0 Å². The van der Waals surface area contributed by atoms with E-state index in [4.69, 9.17) is 16.3 Å². The highest BCUT2D eigenvalue weighted by Gasteiger charge is 2.25. The van der Waals surface area contributed by atoms with Gasteiger partial charge in [-0.1, -0.05) is 35.9 Å². The molecule has 1 amide bonds. The molecule has 0 saturated carbocycles. The van der Waals surface area contributed by atoms with E-state index < -0.39 is 0 Å². The van der Waals surface area contributed by atoms with Crippen molar-refractivity contribution in [3.8, 4) is 5.75 Å². The van der Waals surface area contributed by atoms with Crippen molar-refractivity contribution in [2.45, 2.75) is 19.1 Å². The van der Waals surface area contributed by atoms with Crippen LogP contribution in [0.4, 0.5) is 5.69 Å². The third-order valence-corrected chi connectivity index (χ3v) is 6.12. The van der Waals surface area contributed by atoms with Crippen molar-refractivity contribution < 1.29 is 9.53 Å². The number of benzene rings is 2. The summed E-state index contributed by atoms with van der Waals surface area (Å²) in [4.78, 5) is 21.2. The molecule has 2 aromatic carbocycles. The lowest BCUT2D eigenvalue weighted by Crippen LogP contribution is -2.33. The Morgan fingerprint density at radius 2 is 1.97 bits per heavy atom. The Kier molecular flexibility index (Phi) is 7.47. The van der Waals surface area contributed by atoms with Gasteiger partial charge in [-0.3, -0.25) is 9.78 Å². The molecule has 0 radical (unpaired) electrons. The van der Waals surface area contributed by atoms with Crippen molar-refractivity contribution in [1.82, 2.24) is 15.2 Å². The van der Waals surface area contributed by atoms with Crippen LogP contribution in [0.25, 0.3) is 0 Å². The van der Waals surface area contributed by atoms with Gasteiger partial charge in [0.1, 0.15) is 11.9 Å². The number of ether oxygens (including phenoxy) is 1. The van der Waals surface area contributed by atoms with Gasteiger partial charge in [0.15, 0.2) is 0 Å². The first-order chi connectivity index (χ1) is 16.0. The molecule has 6 nitrogen and oxygen atoms in total. The molecule has 3 aromatic rings. The van der Waals surface area contributed by atoms with Gasteiger partial charge in [0.25, 0.3) is 5.91 Å². The molecule has 1 aliphatic heterocycles. The van der Waals surface area contributed by atoms with Gasteiger partial charge in [0, 0.05) is 50.5 Å². The van der Waals surface area contributed by atoms with Crippen molar-refractivity contribution in [3.63, 3.8) is 0 Å². The summed E-state index contributed by atoms with van der Waals surface area (Å²) < 4.78 is 6.31. The summed E-state index contributed by atoms with van der Waals surface area (Å²) in [6.07, 6.45) is 4.10. The zero-order chi connectivity index (χ0) is 23.2. The number of carbonyl (C=O) groups is 1. The number of rotatable bonds is 8. The minimum atomic E-state index is -0.103. The molecule has 1 aliphatic rings. The minimum Gasteiger partial charge on any atom is -0.486 e. The van der Waals surface area contributed by atoms with Crippen molar-refractivity contribution in [2.75, 3.05) is 38.6 Å². The van der Waals surface area contributed by atoms with E-state index in [1.807, 2.05) is 73.6 Å². The quantitative estimate of drug-likeness (QED) is 0.529. The molecular formula is C26H29ClN4O2. The highest BCUT2D eigenvalue weighted by atomic mass is 35.5. The molecule has 1 aromatic heterocycles. The lowest BCUT2D eigenvalue weighted by Gasteiger charge is -2.22. The van der Waals surface area contributed by atoms with Crippen LogP contribution in [-0.4, -0.2) is 49.5 Å². The number of carbonyl (C=O) groups excluding carboxylic acids is 1. The highest BCUT2D eigenvalue weighted by Crippen LogP contribution is 2.28. The lowest BCUT2D eigenvalue weighted by atomic mass is 10.1. The molecule has 0 bridgehead atoms. The number of nitrogens with zero attached hydrogens (tertiary/aromatic N) is 3. The summed E-state index contributed by atoms with van der Waals surface area (Å²) in [5.74, 6) is 0.798. The minimum absolute atomic E-state index is 0.0101. The highest BCUT2D eigenvalue weighted by molar-refractivity contribution is 6.30. The van der Waals surface area contributed by atoms with Crippen molar-refractivity contribution >= 4 is 23.2 Å². The maximum Gasteiger partial charge on any atom is 0.257 e. The van der Waals surface area contributed by atoms with Crippen LogP contribution < -0.4 is 15.0 Å². The van der Waals surface area contributed by atoms with Crippen LogP contribution in [-0.2, 0) is 6.54 Å². The molecule has 1 N–H and O–H groups in total. The van der Waals surface area contributed by atoms with Crippen molar-refractivity contribution in [3.05, 3.63) is 88.7 Å². The smallest absolute Gasteiger partial charge is 0.257 e. The van der Waals surface area contributed by atoms with Gasteiger partial charge >= 0.3 is 0 Å². The maximum absolute atomic E-state index is 13.1. The number of anilines is 1. The zero-order valence-corrected chi connectivity index (χ0v) is 19.8. The van der Waals surface area contributed by atoms with E-state index in [1.54, 1.807) is 12.4 Å². The van der Waals surface area contributed by atoms with Gasteiger partial charge in [-0.25, -0.2) is 0 Å². The third-order valence-electron chi connectivity index (χ3n) is 5.88. The second-order valence-corrected chi connectivity index (χ2v) is 8.68. The Hall–Kier alpha value is -3.09. The van der Waals surface area contributed by atoms with Crippen molar-refractivity contribution in [1.29, 1.82) is 0 Å². The standard InChI is InChI=1S/C26H29ClN4O2/c1-28-12-11-25(20-4-3-5-21(27)16-20)33-22-8-6-19(7-9-22)18-31-15-14-30(2)24-10-13-29-17-23(24)26(31)32/h3-10,13,16-17,25,28H,11-12,14-15,18H2,1-2H3. The molecule has 0 saturated heterocycles. The first kappa shape index (κ1) is 23.1. The van der Waals surface area contributed by atoms with Crippen molar-refractivity contribution in [2.24, 2.45) is 0 Å². The van der Waals surface area contributed by atoms with Gasteiger partial charge < -0.3 is 19.9 Å². The second kappa shape index (κ2) is 10.7. The summed E-state index contributed by atoms with van der Waals surface area (Å²) in [6, 6.07) is 17.7. The number of likely N-dealkylation sites (N-methyl/N-ethyl adjacent to an activating group) is 1. The summed E-state index contributed by atoms with van der Waals surface area (Å²) in [5.41, 5.74) is 3.68. The summed E-state index contributed by atoms with van der Waals surface area (Å²) in [5, 5.41) is 3.88.